The number of anilines is 1. The van der Waals surface area contributed by atoms with Crippen molar-refractivity contribution in [3.05, 3.63) is 89.6 Å². The fraction of sp³-hybridized carbons (Fsp3) is 0.0833. The number of halogens is 3. The molecule has 0 aromatic heterocycles. The van der Waals surface area contributed by atoms with Gasteiger partial charge in [-0.2, -0.15) is 0 Å². The van der Waals surface area contributed by atoms with Crippen molar-refractivity contribution in [2.75, 3.05) is 4.90 Å². The molecule has 1 heterocycles. The van der Waals surface area contributed by atoms with Crippen LogP contribution >= 0.6 is 59.6 Å². The number of carbonyl (C=O) groups excluding carboxylic acids is 1. The molecule has 0 saturated carbocycles. The first-order chi connectivity index (χ1) is 15.3. The fourth-order valence-corrected chi connectivity index (χ4v) is 6.54. The molecule has 4 nitrogen and oxygen atoms in total. The van der Waals surface area contributed by atoms with Crippen molar-refractivity contribution in [1.29, 1.82) is 0 Å². The number of nitrogens with zero attached hydrogens (tertiary/aromatic N) is 2. The lowest BCUT2D eigenvalue weighted by Gasteiger charge is -2.18. The number of hydrogen-bond acceptors (Lipinski definition) is 4. The van der Waals surface area contributed by atoms with Gasteiger partial charge in [0.25, 0.3) is 5.91 Å². The molecule has 0 spiro atoms. The Morgan fingerprint density at radius 3 is 2.31 bits per heavy atom. The third kappa shape index (κ3) is 4.46. The van der Waals surface area contributed by atoms with E-state index in [1.54, 1.807) is 17.0 Å². The summed E-state index contributed by atoms with van der Waals surface area (Å²) in [5.74, 6) is -0.0992. The zero-order valence-electron chi connectivity index (χ0n) is 17.1. The molecule has 162 valence electrons. The second-order valence-electron chi connectivity index (χ2n) is 7.14. The lowest BCUT2D eigenvalue weighted by Crippen LogP contribution is -2.29. The van der Waals surface area contributed by atoms with Crippen LogP contribution in [0.5, 0.6) is 5.75 Å². The molecule has 0 unspecified atom stereocenters. The van der Waals surface area contributed by atoms with Gasteiger partial charge >= 0.3 is 0 Å². The van der Waals surface area contributed by atoms with Gasteiger partial charge in [0.2, 0.25) is 0 Å². The molecular formula is C24H17Br3N2O2S. The van der Waals surface area contributed by atoms with Gasteiger partial charge in [0, 0.05) is 10.0 Å². The van der Waals surface area contributed by atoms with E-state index in [0.717, 1.165) is 27.0 Å². The molecule has 1 fully saturated rings. The number of amides is 1. The number of thioether (sulfide) groups is 1. The fourth-order valence-electron chi connectivity index (χ4n) is 3.23. The molecule has 3 aromatic carbocycles. The zero-order valence-corrected chi connectivity index (χ0v) is 22.6. The molecular weight excluding hydrogens is 620 g/mol. The summed E-state index contributed by atoms with van der Waals surface area (Å²) < 4.78 is 1.78. The van der Waals surface area contributed by atoms with Gasteiger partial charge in [0.1, 0.15) is 5.75 Å². The Labute approximate surface area is 215 Å². The Morgan fingerprint density at radius 2 is 1.62 bits per heavy atom. The van der Waals surface area contributed by atoms with Crippen molar-refractivity contribution >= 4 is 88.1 Å². The molecule has 0 bridgehead atoms. The summed E-state index contributed by atoms with van der Waals surface area (Å²) in [6.07, 6.45) is 1.76. The molecule has 8 heteroatoms. The highest BCUT2D eigenvalue weighted by molar-refractivity contribution is 9.11. The molecule has 0 aliphatic carbocycles. The maximum Gasteiger partial charge on any atom is 0.271 e. The monoisotopic (exact) mass is 634 g/mol. The minimum absolute atomic E-state index is 0.0695. The number of phenols is 1. The molecule has 32 heavy (non-hydrogen) atoms. The van der Waals surface area contributed by atoms with E-state index >= 15 is 0 Å². The SMILES string of the molecule is Cc1ccccc1N=C1SC(=Cc2c(Br)cc(Br)c(O)c2Br)C(=O)N1c1ccccc1C. The number of para-hydroxylation sites is 2. The second-order valence-corrected chi connectivity index (χ2v) is 10.6. The quantitative estimate of drug-likeness (QED) is 0.296. The Hall–Kier alpha value is -1.87. The molecule has 1 aliphatic heterocycles. The number of carbonyl (C=O) groups is 1. The number of aromatic hydroxyl groups is 1. The van der Waals surface area contributed by atoms with E-state index in [9.17, 15) is 9.90 Å². The number of phenolic OH excluding ortho intramolecular Hbond substituents is 1. The summed E-state index contributed by atoms with van der Waals surface area (Å²) in [5, 5.41) is 10.9. The van der Waals surface area contributed by atoms with Gasteiger partial charge in [-0.05, 0) is 92.9 Å². The lowest BCUT2D eigenvalue weighted by molar-refractivity contribution is -0.113. The number of benzene rings is 3. The third-order valence-electron chi connectivity index (χ3n) is 4.95. The zero-order chi connectivity index (χ0) is 23.0. The molecule has 1 amide bonds. The van der Waals surface area contributed by atoms with Crippen molar-refractivity contribution in [2.24, 2.45) is 4.99 Å². The van der Waals surface area contributed by atoms with E-state index in [1.807, 2.05) is 62.4 Å². The van der Waals surface area contributed by atoms with Crippen LogP contribution in [0.15, 0.2) is 77.9 Å². The summed E-state index contributed by atoms with van der Waals surface area (Å²) in [6.45, 7) is 3.97. The van der Waals surface area contributed by atoms with Gasteiger partial charge in [-0.25, -0.2) is 4.99 Å². The van der Waals surface area contributed by atoms with Crippen molar-refractivity contribution in [2.45, 2.75) is 13.8 Å². The number of hydrogen-bond donors (Lipinski definition) is 1. The van der Waals surface area contributed by atoms with Crippen molar-refractivity contribution in [3.63, 3.8) is 0 Å². The maximum atomic E-state index is 13.6. The largest absolute Gasteiger partial charge is 0.506 e. The molecule has 0 radical (unpaired) electrons. The molecule has 0 atom stereocenters. The Kier molecular flexibility index (Phi) is 6.95. The van der Waals surface area contributed by atoms with E-state index in [4.69, 9.17) is 4.99 Å². The van der Waals surface area contributed by atoms with Crippen LogP contribution in [0.1, 0.15) is 16.7 Å². The predicted octanol–water partition coefficient (Wildman–Crippen LogP) is 8.11. The number of rotatable bonds is 3. The van der Waals surface area contributed by atoms with Gasteiger partial charge < -0.3 is 5.11 Å². The van der Waals surface area contributed by atoms with E-state index in [2.05, 4.69) is 47.8 Å². The van der Waals surface area contributed by atoms with Gasteiger partial charge in [-0.1, -0.05) is 52.3 Å². The average Bonchev–Trinajstić information content (AvgIpc) is 3.06. The average molecular weight is 637 g/mol. The molecule has 4 rings (SSSR count). The smallest absolute Gasteiger partial charge is 0.271 e. The summed E-state index contributed by atoms with van der Waals surface area (Å²) in [7, 11) is 0. The Balaban J connectivity index is 1.87. The second kappa shape index (κ2) is 9.55. The molecule has 1 N–H and O–H groups in total. The van der Waals surface area contributed by atoms with Crippen molar-refractivity contribution in [3.8, 4) is 5.75 Å². The first-order valence-corrected chi connectivity index (χ1v) is 12.8. The van der Waals surface area contributed by atoms with Crippen molar-refractivity contribution in [1.82, 2.24) is 0 Å². The summed E-state index contributed by atoms with van der Waals surface area (Å²) in [5.41, 5.74) is 4.27. The van der Waals surface area contributed by atoms with E-state index in [1.165, 1.54) is 11.8 Å². The summed E-state index contributed by atoms with van der Waals surface area (Å²) in [6, 6.07) is 17.3. The Bertz CT molecular complexity index is 1300. The van der Waals surface area contributed by atoms with Crippen LogP contribution in [0, 0.1) is 13.8 Å². The summed E-state index contributed by atoms with van der Waals surface area (Å²) in [4.78, 5) is 20.6. The number of aryl methyl sites for hydroxylation is 2. The Morgan fingerprint density at radius 1 is 0.969 bits per heavy atom. The highest BCUT2D eigenvalue weighted by Crippen LogP contribution is 2.44. The maximum absolute atomic E-state index is 13.6. The first-order valence-electron chi connectivity index (χ1n) is 9.58. The normalized spacial score (nSPS) is 16.4. The molecule has 3 aromatic rings. The van der Waals surface area contributed by atoms with Gasteiger partial charge in [0.15, 0.2) is 5.17 Å². The van der Waals surface area contributed by atoms with Gasteiger partial charge in [-0.3, -0.25) is 9.69 Å². The standard InChI is InChI=1S/C24H17Br3N2O2S/c1-13-7-3-5-9-18(13)28-24-29(19-10-6-4-8-14(19)2)23(31)20(32-24)11-15-16(25)12-17(26)22(30)21(15)27/h3-12,30H,1-2H3. The van der Waals surface area contributed by atoms with Crippen LogP contribution in [-0.4, -0.2) is 16.2 Å². The van der Waals surface area contributed by atoms with E-state index in [-0.39, 0.29) is 11.7 Å². The van der Waals surface area contributed by atoms with Crippen LogP contribution in [0.2, 0.25) is 0 Å². The lowest BCUT2D eigenvalue weighted by atomic mass is 10.1. The minimum atomic E-state index is -0.169. The van der Waals surface area contributed by atoms with Crippen LogP contribution in [0.3, 0.4) is 0 Å². The van der Waals surface area contributed by atoms with Crippen LogP contribution in [-0.2, 0) is 4.79 Å². The van der Waals surface area contributed by atoms with E-state index in [0.29, 0.717) is 24.6 Å². The summed E-state index contributed by atoms with van der Waals surface area (Å²) >= 11 is 11.6. The van der Waals surface area contributed by atoms with Crippen molar-refractivity contribution < 1.29 is 9.90 Å². The predicted molar refractivity (Wildman–Crippen MR) is 144 cm³/mol. The topological polar surface area (TPSA) is 52.9 Å². The van der Waals surface area contributed by atoms with Crippen LogP contribution < -0.4 is 4.90 Å². The molecule has 1 aliphatic rings. The van der Waals surface area contributed by atoms with Crippen LogP contribution in [0.25, 0.3) is 6.08 Å². The van der Waals surface area contributed by atoms with Gasteiger partial charge in [-0.15, -0.1) is 0 Å². The van der Waals surface area contributed by atoms with Gasteiger partial charge in [0.05, 0.1) is 25.2 Å². The number of amidine groups is 1. The first kappa shape index (κ1) is 23.3. The van der Waals surface area contributed by atoms with Crippen LogP contribution in [0.4, 0.5) is 11.4 Å². The minimum Gasteiger partial charge on any atom is -0.506 e. The highest BCUT2D eigenvalue weighted by atomic mass is 79.9. The third-order valence-corrected chi connectivity index (χ3v) is 7.98. The highest BCUT2D eigenvalue weighted by Gasteiger charge is 2.36. The number of aliphatic imine (C=N–C) groups is 1. The van der Waals surface area contributed by atoms with E-state index < -0.39 is 0 Å². The molecule has 1 saturated heterocycles.